The number of nitrogens with zero attached hydrogens (tertiary/aromatic N) is 3. The maximum Gasteiger partial charge on any atom is 0.295 e. The number of pyridine rings is 1. The van der Waals surface area contributed by atoms with Gasteiger partial charge in [0.1, 0.15) is 11.3 Å². The van der Waals surface area contributed by atoms with Gasteiger partial charge in [-0.25, -0.2) is 4.98 Å². The summed E-state index contributed by atoms with van der Waals surface area (Å²) in [6.45, 7) is 6.35. The number of aliphatic hydroxyl groups excluding tert-OH is 1. The zero-order valence-corrected chi connectivity index (χ0v) is 18.8. The van der Waals surface area contributed by atoms with Crippen LogP contribution in [0.2, 0.25) is 0 Å². The summed E-state index contributed by atoms with van der Waals surface area (Å²) in [6, 6.07) is 10.9. The van der Waals surface area contributed by atoms with Gasteiger partial charge in [-0.1, -0.05) is 37.3 Å². The minimum absolute atomic E-state index is 0.0551. The van der Waals surface area contributed by atoms with E-state index in [1.807, 2.05) is 60.8 Å². The quantitative estimate of drug-likeness (QED) is 0.365. The number of methoxy groups -OCH3 is 1. The van der Waals surface area contributed by atoms with Crippen molar-refractivity contribution >= 4 is 23.1 Å². The minimum atomic E-state index is -0.712. The highest BCUT2D eigenvalue weighted by Gasteiger charge is 2.46. The molecule has 0 aliphatic carbocycles. The molecule has 1 fully saturated rings. The van der Waals surface area contributed by atoms with E-state index in [1.165, 1.54) is 4.90 Å². The summed E-state index contributed by atoms with van der Waals surface area (Å²) in [5.74, 6) is -1.62. The lowest BCUT2D eigenvalue weighted by Crippen LogP contribution is -2.32. The van der Waals surface area contributed by atoms with Gasteiger partial charge in [-0.3, -0.25) is 9.59 Å². The monoisotopic (exact) mass is 433 g/mol. The summed E-state index contributed by atoms with van der Waals surface area (Å²) in [7, 11) is 1.55. The molecule has 3 heterocycles. The van der Waals surface area contributed by atoms with Crippen LogP contribution in [-0.2, 0) is 20.7 Å². The molecular formula is C25H27N3O4. The number of rotatable bonds is 6. The van der Waals surface area contributed by atoms with E-state index in [0.717, 1.165) is 23.1 Å². The Bertz CT molecular complexity index is 1220. The smallest absolute Gasteiger partial charge is 0.295 e. The first-order valence-corrected chi connectivity index (χ1v) is 10.7. The van der Waals surface area contributed by atoms with E-state index in [-0.39, 0.29) is 24.5 Å². The molecule has 1 aromatic carbocycles. The summed E-state index contributed by atoms with van der Waals surface area (Å²) < 4.78 is 7.03. The number of carbonyl (C=O) groups is 2. The molecule has 166 valence electrons. The number of ketones is 1. The van der Waals surface area contributed by atoms with Crippen molar-refractivity contribution in [3.63, 3.8) is 0 Å². The predicted molar refractivity (Wildman–Crippen MR) is 121 cm³/mol. The molecule has 1 amide bonds. The van der Waals surface area contributed by atoms with Gasteiger partial charge in [0.15, 0.2) is 5.76 Å². The van der Waals surface area contributed by atoms with Crippen molar-refractivity contribution in [2.45, 2.75) is 33.2 Å². The summed E-state index contributed by atoms with van der Waals surface area (Å²) in [5.41, 5.74) is 4.61. The molecule has 0 radical (unpaired) electrons. The second-order valence-corrected chi connectivity index (χ2v) is 8.01. The van der Waals surface area contributed by atoms with Crippen LogP contribution in [0.5, 0.6) is 0 Å². The number of ether oxygens (including phenoxy) is 1. The Kier molecular flexibility index (Phi) is 5.84. The first kappa shape index (κ1) is 21.8. The number of likely N-dealkylation sites (tertiary alicyclic amines) is 1. The molecule has 3 aromatic rings. The molecule has 1 unspecified atom stereocenters. The molecule has 1 atom stereocenters. The third-order valence-corrected chi connectivity index (χ3v) is 6.09. The number of aliphatic hydroxyl groups is 1. The van der Waals surface area contributed by atoms with E-state index in [9.17, 15) is 14.7 Å². The maximum atomic E-state index is 13.1. The number of amides is 1. The largest absolute Gasteiger partial charge is 0.505 e. The number of fused-ring (bicyclic) bond motifs is 1. The van der Waals surface area contributed by atoms with Gasteiger partial charge in [-0.15, -0.1) is 0 Å². The lowest BCUT2D eigenvalue weighted by atomic mass is 9.95. The molecule has 2 aromatic heterocycles. The van der Waals surface area contributed by atoms with Gasteiger partial charge in [0.25, 0.3) is 11.7 Å². The molecule has 1 N–H and O–H groups in total. The highest BCUT2D eigenvalue weighted by Crippen LogP contribution is 2.39. The van der Waals surface area contributed by atoms with Crippen LogP contribution in [-0.4, -0.2) is 51.3 Å². The van der Waals surface area contributed by atoms with E-state index in [0.29, 0.717) is 17.0 Å². The number of hydrogen-bond acceptors (Lipinski definition) is 5. The van der Waals surface area contributed by atoms with Crippen molar-refractivity contribution in [1.29, 1.82) is 0 Å². The van der Waals surface area contributed by atoms with Gasteiger partial charge >= 0.3 is 0 Å². The normalized spacial score (nSPS) is 18.1. The highest BCUT2D eigenvalue weighted by atomic mass is 16.5. The standard InChI is InChI=1S/C25H27N3O4/c1-5-17-8-10-18(11-9-17)21-19(23(30)25(31)28(21)13-14-32-4)22(29)20-16(3)27-12-6-7-15(2)24(27)26-20/h6-12,21,29H,5,13-14H2,1-4H3. The van der Waals surface area contributed by atoms with Gasteiger partial charge in [-0.05, 0) is 43.0 Å². The lowest BCUT2D eigenvalue weighted by Gasteiger charge is -2.25. The molecule has 1 aliphatic rings. The van der Waals surface area contributed by atoms with Crippen LogP contribution in [0, 0.1) is 13.8 Å². The minimum Gasteiger partial charge on any atom is -0.505 e. The molecule has 7 nitrogen and oxygen atoms in total. The van der Waals surface area contributed by atoms with Crippen LogP contribution in [0.4, 0.5) is 0 Å². The Balaban J connectivity index is 1.91. The molecule has 4 rings (SSSR count). The van der Waals surface area contributed by atoms with Crippen LogP contribution in [0.1, 0.15) is 41.0 Å². The van der Waals surface area contributed by atoms with Crippen LogP contribution in [0.3, 0.4) is 0 Å². The number of Topliss-reactive ketones (excluding diaryl/α,β-unsaturated/α-hetero) is 1. The number of benzene rings is 1. The third-order valence-electron chi connectivity index (χ3n) is 6.09. The van der Waals surface area contributed by atoms with Gasteiger partial charge in [-0.2, -0.15) is 0 Å². The first-order valence-electron chi connectivity index (χ1n) is 10.7. The van der Waals surface area contributed by atoms with Crippen molar-refractivity contribution in [3.8, 4) is 0 Å². The average Bonchev–Trinajstić information content (AvgIpc) is 3.27. The molecular weight excluding hydrogens is 406 g/mol. The fraction of sp³-hybridized carbons (Fsp3) is 0.320. The molecule has 0 bridgehead atoms. The number of hydrogen-bond donors (Lipinski definition) is 1. The zero-order valence-electron chi connectivity index (χ0n) is 18.8. The predicted octanol–water partition coefficient (Wildman–Crippen LogP) is 3.58. The number of aryl methyl sites for hydroxylation is 3. The van der Waals surface area contributed by atoms with Crippen molar-refractivity contribution in [2.75, 3.05) is 20.3 Å². The number of carbonyl (C=O) groups excluding carboxylic acids is 2. The van der Waals surface area contributed by atoms with Gasteiger partial charge in [0.05, 0.1) is 23.9 Å². The first-order chi connectivity index (χ1) is 15.4. The fourth-order valence-corrected chi connectivity index (χ4v) is 4.26. The summed E-state index contributed by atoms with van der Waals surface area (Å²) >= 11 is 0. The maximum absolute atomic E-state index is 13.1. The van der Waals surface area contributed by atoms with Crippen molar-refractivity contribution < 1.29 is 19.4 Å². The van der Waals surface area contributed by atoms with Crippen molar-refractivity contribution in [1.82, 2.24) is 14.3 Å². The van der Waals surface area contributed by atoms with Crippen LogP contribution < -0.4 is 0 Å². The second kappa shape index (κ2) is 8.59. The average molecular weight is 434 g/mol. The highest BCUT2D eigenvalue weighted by molar-refractivity contribution is 6.46. The number of aromatic nitrogens is 2. The van der Waals surface area contributed by atoms with E-state index in [2.05, 4.69) is 11.9 Å². The van der Waals surface area contributed by atoms with E-state index in [4.69, 9.17) is 4.74 Å². The Morgan fingerprint density at radius 3 is 2.50 bits per heavy atom. The van der Waals surface area contributed by atoms with E-state index in [1.54, 1.807) is 7.11 Å². The molecule has 7 heteroatoms. The van der Waals surface area contributed by atoms with Gasteiger partial charge < -0.3 is 19.1 Å². The summed E-state index contributed by atoms with van der Waals surface area (Å²) in [5, 5.41) is 11.3. The molecule has 0 spiro atoms. The Morgan fingerprint density at radius 1 is 1.16 bits per heavy atom. The zero-order chi connectivity index (χ0) is 23.0. The third kappa shape index (κ3) is 3.48. The lowest BCUT2D eigenvalue weighted by molar-refractivity contribution is -0.140. The second-order valence-electron chi connectivity index (χ2n) is 8.01. The van der Waals surface area contributed by atoms with Crippen LogP contribution in [0.25, 0.3) is 11.4 Å². The Labute approximate surface area is 187 Å². The van der Waals surface area contributed by atoms with Gasteiger partial charge in [0, 0.05) is 19.9 Å². The summed E-state index contributed by atoms with van der Waals surface area (Å²) in [4.78, 5) is 32.1. The number of imidazole rings is 1. The Hall–Kier alpha value is -3.45. The van der Waals surface area contributed by atoms with Crippen LogP contribution in [0.15, 0.2) is 48.2 Å². The molecule has 32 heavy (non-hydrogen) atoms. The fourth-order valence-electron chi connectivity index (χ4n) is 4.26. The summed E-state index contributed by atoms with van der Waals surface area (Å²) in [6.07, 6.45) is 2.74. The topological polar surface area (TPSA) is 84.1 Å². The van der Waals surface area contributed by atoms with Crippen LogP contribution >= 0.6 is 0 Å². The van der Waals surface area contributed by atoms with E-state index >= 15 is 0 Å². The van der Waals surface area contributed by atoms with Crippen molar-refractivity contribution in [2.24, 2.45) is 0 Å². The molecule has 0 saturated carbocycles. The van der Waals surface area contributed by atoms with Gasteiger partial charge in [0.2, 0.25) is 0 Å². The molecule has 1 saturated heterocycles. The van der Waals surface area contributed by atoms with E-state index < -0.39 is 17.7 Å². The SMILES string of the molecule is CCc1ccc(C2C(=C(O)c3nc4c(C)cccn4c3C)C(=O)C(=O)N2CCOC)cc1. The molecule has 1 aliphatic heterocycles. The van der Waals surface area contributed by atoms with Crippen molar-refractivity contribution in [3.05, 3.63) is 76.2 Å². The Morgan fingerprint density at radius 2 is 1.88 bits per heavy atom.